The number of hydrogen-bond donors (Lipinski definition) is 0. The second kappa shape index (κ2) is 3.34. The molecule has 0 bridgehead atoms. The molecule has 0 N–H and O–H groups in total. The van der Waals surface area contributed by atoms with Gasteiger partial charge in [-0.3, -0.25) is 0 Å². The van der Waals surface area contributed by atoms with Crippen LogP contribution in [-0.2, 0) is 4.12 Å². The lowest BCUT2D eigenvalue weighted by Crippen LogP contribution is -2.43. The van der Waals surface area contributed by atoms with Crippen molar-refractivity contribution >= 4 is 24.0 Å². The van der Waals surface area contributed by atoms with E-state index in [4.69, 9.17) is 4.12 Å². The molecule has 3 heteroatoms. The zero-order valence-electron chi connectivity index (χ0n) is 7.29. The summed E-state index contributed by atoms with van der Waals surface area (Å²) in [5, 5.41) is 1.38. The number of rotatable bonds is 2. The van der Waals surface area contributed by atoms with Crippen molar-refractivity contribution in [3.05, 3.63) is 30.3 Å². The second-order valence-electron chi connectivity index (χ2n) is 3.08. The minimum absolute atomic E-state index is 0.844. The summed E-state index contributed by atoms with van der Waals surface area (Å²) in [6.45, 7) is 4.46. The highest BCUT2D eigenvalue weighted by Crippen LogP contribution is 2.01. The van der Waals surface area contributed by atoms with Crippen molar-refractivity contribution in [3.8, 4) is 0 Å². The molecule has 0 spiro atoms. The van der Waals surface area contributed by atoms with E-state index in [9.17, 15) is 0 Å². The zero-order valence-corrected chi connectivity index (χ0v) is 10.3. The molecule has 0 heterocycles. The average molecular weight is 182 g/mol. The van der Waals surface area contributed by atoms with E-state index < -0.39 is 8.32 Å². The van der Waals surface area contributed by atoms with Crippen LogP contribution in [0.5, 0.6) is 0 Å². The fourth-order valence-electron chi connectivity index (χ4n) is 0.957. The van der Waals surface area contributed by atoms with Crippen molar-refractivity contribution < 1.29 is 4.12 Å². The van der Waals surface area contributed by atoms with Crippen LogP contribution in [0.3, 0.4) is 0 Å². The van der Waals surface area contributed by atoms with Crippen LogP contribution in [0.1, 0.15) is 0 Å². The SMILES string of the molecule is C[Si](C)(O[SiH3])c1ccccc1. The maximum absolute atomic E-state index is 5.60. The molecule has 1 rings (SSSR count). The topological polar surface area (TPSA) is 9.23 Å². The Hall–Kier alpha value is -0.386. The molecule has 0 aliphatic carbocycles. The molecule has 1 aromatic carbocycles. The Bertz CT molecular complexity index is 221. The fraction of sp³-hybridized carbons (Fsp3) is 0.250. The Morgan fingerprint density at radius 1 is 1.18 bits per heavy atom. The molecule has 0 unspecified atom stereocenters. The van der Waals surface area contributed by atoms with Gasteiger partial charge in [0, 0.05) is 0 Å². The molecular formula is C8H14OSi2. The molecule has 1 aromatic rings. The molecule has 0 saturated heterocycles. The quantitative estimate of drug-likeness (QED) is 0.602. The van der Waals surface area contributed by atoms with Crippen LogP contribution in [0, 0.1) is 0 Å². The zero-order chi connectivity index (χ0) is 8.32. The molecule has 0 aliphatic heterocycles. The Labute approximate surface area is 72.1 Å². The third-order valence-corrected chi connectivity index (χ3v) is 7.79. The molecule has 0 amide bonds. The second-order valence-corrected chi connectivity index (χ2v) is 8.31. The highest BCUT2D eigenvalue weighted by Gasteiger charge is 2.21. The summed E-state index contributed by atoms with van der Waals surface area (Å²) in [7, 11) is -0.648. The molecule has 0 aliphatic rings. The minimum atomic E-state index is -1.49. The summed E-state index contributed by atoms with van der Waals surface area (Å²) in [4.78, 5) is 0. The van der Waals surface area contributed by atoms with Gasteiger partial charge in [-0.1, -0.05) is 30.3 Å². The van der Waals surface area contributed by atoms with Gasteiger partial charge < -0.3 is 4.12 Å². The summed E-state index contributed by atoms with van der Waals surface area (Å²) < 4.78 is 5.60. The summed E-state index contributed by atoms with van der Waals surface area (Å²) >= 11 is 0. The highest BCUT2D eigenvalue weighted by atomic mass is 28.4. The standard InChI is InChI=1S/C8H14OSi2/c1-11(2,9-10)8-6-4-3-5-7-8/h3-7H,1-2,10H3. The highest BCUT2D eigenvalue weighted by molar-refractivity contribution is 6.86. The van der Waals surface area contributed by atoms with Gasteiger partial charge in [-0.05, 0) is 18.3 Å². The van der Waals surface area contributed by atoms with Gasteiger partial charge in [-0.2, -0.15) is 0 Å². The van der Waals surface area contributed by atoms with E-state index in [-0.39, 0.29) is 0 Å². The van der Waals surface area contributed by atoms with Crippen molar-refractivity contribution in [1.82, 2.24) is 0 Å². The van der Waals surface area contributed by atoms with Crippen molar-refractivity contribution in [2.75, 3.05) is 0 Å². The molecular weight excluding hydrogens is 168 g/mol. The third kappa shape index (κ3) is 2.02. The monoisotopic (exact) mass is 182 g/mol. The Morgan fingerprint density at radius 3 is 2.18 bits per heavy atom. The van der Waals surface area contributed by atoms with E-state index in [0.717, 1.165) is 10.5 Å². The van der Waals surface area contributed by atoms with Gasteiger partial charge in [0.1, 0.15) is 10.5 Å². The first-order valence-corrected chi connectivity index (χ1v) is 7.50. The summed E-state index contributed by atoms with van der Waals surface area (Å²) in [6.07, 6.45) is 0. The normalized spacial score (nSPS) is 11.8. The molecule has 60 valence electrons. The van der Waals surface area contributed by atoms with Crippen molar-refractivity contribution in [2.45, 2.75) is 13.1 Å². The van der Waals surface area contributed by atoms with Crippen molar-refractivity contribution in [1.29, 1.82) is 0 Å². The van der Waals surface area contributed by atoms with Gasteiger partial charge >= 0.3 is 0 Å². The Morgan fingerprint density at radius 2 is 1.73 bits per heavy atom. The summed E-state index contributed by atoms with van der Waals surface area (Å²) in [5.41, 5.74) is 0. The predicted octanol–water partition coefficient (Wildman–Crippen LogP) is 0.396. The van der Waals surface area contributed by atoms with E-state index in [0.29, 0.717) is 0 Å². The average Bonchev–Trinajstić information content (AvgIpc) is 2.06. The van der Waals surface area contributed by atoms with Crippen LogP contribution < -0.4 is 5.19 Å². The van der Waals surface area contributed by atoms with Gasteiger partial charge in [0.15, 0.2) is 0 Å². The van der Waals surface area contributed by atoms with Crippen molar-refractivity contribution in [2.24, 2.45) is 0 Å². The van der Waals surface area contributed by atoms with Crippen LogP contribution >= 0.6 is 0 Å². The molecule has 1 nitrogen and oxygen atoms in total. The van der Waals surface area contributed by atoms with Gasteiger partial charge in [0.2, 0.25) is 8.32 Å². The van der Waals surface area contributed by atoms with E-state index in [2.05, 4.69) is 37.4 Å². The third-order valence-electron chi connectivity index (χ3n) is 1.98. The summed E-state index contributed by atoms with van der Waals surface area (Å²) in [5.74, 6) is 0. The fourth-order valence-corrected chi connectivity index (χ4v) is 2.90. The van der Waals surface area contributed by atoms with Crippen molar-refractivity contribution in [3.63, 3.8) is 0 Å². The van der Waals surface area contributed by atoms with Crippen LogP contribution in [0.25, 0.3) is 0 Å². The summed E-state index contributed by atoms with van der Waals surface area (Å²) in [6, 6.07) is 10.5. The minimum Gasteiger partial charge on any atom is -0.460 e. The van der Waals surface area contributed by atoms with Gasteiger partial charge in [0.25, 0.3) is 0 Å². The predicted molar refractivity (Wildman–Crippen MR) is 54.6 cm³/mol. The first kappa shape index (κ1) is 8.71. The lowest BCUT2D eigenvalue weighted by Gasteiger charge is -2.20. The lowest BCUT2D eigenvalue weighted by molar-refractivity contribution is 0.628. The molecule has 0 fully saturated rings. The van der Waals surface area contributed by atoms with Crippen LogP contribution in [-0.4, -0.2) is 18.8 Å². The van der Waals surface area contributed by atoms with Gasteiger partial charge in [-0.25, -0.2) is 0 Å². The van der Waals surface area contributed by atoms with Gasteiger partial charge in [-0.15, -0.1) is 0 Å². The Balaban J connectivity index is 2.93. The van der Waals surface area contributed by atoms with E-state index >= 15 is 0 Å². The smallest absolute Gasteiger partial charge is 0.205 e. The molecule has 0 radical (unpaired) electrons. The largest absolute Gasteiger partial charge is 0.460 e. The van der Waals surface area contributed by atoms with Gasteiger partial charge in [0.05, 0.1) is 0 Å². The Kier molecular flexibility index (Phi) is 2.64. The van der Waals surface area contributed by atoms with E-state index in [1.165, 1.54) is 5.19 Å². The lowest BCUT2D eigenvalue weighted by atomic mass is 10.4. The molecule has 11 heavy (non-hydrogen) atoms. The first-order chi connectivity index (χ1) is 5.17. The molecule has 0 saturated carbocycles. The maximum Gasteiger partial charge on any atom is 0.205 e. The molecule has 0 aromatic heterocycles. The number of hydrogen-bond acceptors (Lipinski definition) is 1. The maximum atomic E-state index is 5.60. The molecule has 0 atom stereocenters. The van der Waals surface area contributed by atoms with Crippen LogP contribution in [0.15, 0.2) is 30.3 Å². The van der Waals surface area contributed by atoms with Crippen LogP contribution in [0.2, 0.25) is 13.1 Å². The first-order valence-electron chi connectivity index (χ1n) is 3.77. The van der Waals surface area contributed by atoms with E-state index in [1.807, 2.05) is 6.07 Å². The van der Waals surface area contributed by atoms with Crippen LogP contribution in [0.4, 0.5) is 0 Å². The number of benzene rings is 1. The van der Waals surface area contributed by atoms with E-state index in [1.54, 1.807) is 0 Å².